The maximum Gasteiger partial charge on any atom is 1.00 e. The van der Waals surface area contributed by atoms with E-state index in [0.29, 0.717) is 0 Å². The molecular weight excluding hydrogens is 351 g/mol. The van der Waals surface area contributed by atoms with Crippen molar-refractivity contribution in [3.63, 3.8) is 0 Å². The summed E-state index contributed by atoms with van der Waals surface area (Å²) >= 11 is 0. The van der Waals surface area contributed by atoms with Gasteiger partial charge in [-0.1, -0.05) is 21.6 Å². The summed E-state index contributed by atoms with van der Waals surface area (Å²) in [5.41, 5.74) is 0. The van der Waals surface area contributed by atoms with Crippen LogP contribution < -0.4 is 29.6 Å². The van der Waals surface area contributed by atoms with E-state index >= 15 is 0 Å². The molecule has 8 nitrogen and oxygen atoms in total. The van der Waals surface area contributed by atoms with Crippen molar-refractivity contribution in [2.75, 3.05) is 23.0 Å². The molecule has 4 N–H and O–H groups in total. The Balaban J connectivity index is 0. The van der Waals surface area contributed by atoms with E-state index in [0.717, 1.165) is 21.6 Å². The third kappa shape index (κ3) is 17.4. The van der Waals surface area contributed by atoms with Gasteiger partial charge in [0.1, 0.15) is 11.5 Å². The van der Waals surface area contributed by atoms with Gasteiger partial charge in [0, 0.05) is 11.5 Å². The molecule has 0 amide bonds. The molecule has 2 atom stereocenters. The Morgan fingerprint density at radius 3 is 1.26 bits per heavy atom. The van der Waals surface area contributed by atoms with E-state index in [-0.39, 0.29) is 41.1 Å². The number of aliphatic hydroxyl groups is 2. The van der Waals surface area contributed by atoms with Crippen LogP contribution in [0.3, 0.4) is 0 Å². The molecular formula is C6H14NaO8S4+. The van der Waals surface area contributed by atoms with Gasteiger partial charge < -0.3 is 10.2 Å². The van der Waals surface area contributed by atoms with Gasteiger partial charge in [-0.2, -0.15) is 16.8 Å². The average molecular weight is 365 g/mol. The Morgan fingerprint density at radius 1 is 0.789 bits per heavy atom. The van der Waals surface area contributed by atoms with Crippen LogP contribution in [0.15, 0.2) is 0 Å². The minimum absolute atomic E-state index is 0. The van der Waals surface area contributed by atoms with Crippen LogP contribution in [0.5, 0.6) is 0 Å². The summed E-state index contributed by atoms with van der Waals surface area (Å²) in [6.45, 7) is 0. The maximum atomic E-state index is 10.4. The zero-order chi connectivity index (χ0) is 14.4. The van der Waals surface area contributed by atoms with Crippen LogP contribution in [-0.2, 0) is 20.2 Å². The molecule has 0 heterocycles. The first-order valence-electron chi connectivity index (χ1n) is 4.50. The van der Waals surface area contributed by atoms with Gasteiger partial charge in [-0.15, -0.1) is 0 Å². The minimum Gasteiger partial charge on any atom is -0.391 e. The molecule has 0 aromatic rings. The molecule has 0 aliphatic rings. The normalized spacial score (nSPS) is 15.6. The quantitative estimate of drug-likeness (QED) is 0.137. The molecule has 0 bridgehead atoms. The number of aliphatic hydroxyl groups excluding tert-OH is 2. The van der Waals surface area contributed by atoms with Crippen LogP contribution in [0.25, 0.3) is 0 Å². The molecule has 0 aliphatic heterocycles. The van der Waals surface area contributed by atoms with E-state index in [4.69, 9.17) is 19.3 Å². The zero-order valence-corrected chi connectivity index (χ0v) is 15.3. The molecule has 0 aromatic carbocycles. The van der Waals surface area contributed by atoms with Crippen molar-refractivity contribution >= 4 is 41.8 Å². The number of rotatable bonds is 9. The largest absolute Gasteiger partial charge is 1.00 e. The fourth-order valence-electron chi connectivity index (χ4n) is 0.836. The van der Waals surface area contributed by atoms with Crippen LogP contribution in [0.4, 0.5) is 0 Å². The molecule has 0 aliphatic carbocycles. The first-order chi connectivity index (χ1) is 7.99. The molecule has 0 fully saturated rings. The summed E-state index contributed by atoms with van der Waals surface area (Å²) in [6, 6.07) is 0. The van der Waals surface area contributed by atoms with Gasteiger partial charge in [-0.05, 0) is 0 Å². The first kappa shape index (κ1) is 22.7. The van der Waals surface area contributed by atoms with Gasteiger partial charge in [0.2, 0.25) is 0 Å². The summed E-state index contributed by atoms with van der Waals surface area (Å²) in [5, 5.41) is 18.3. The SMILES string of the molecule is O=S(=O)(O)CC(O)CSSCC(O)CS(=O)(=O)O.[Na+]. The van der Waals surface area contributed by atoms with E-state index in [1.807, 2.05) is 0 Å². The van der Waals surface area contributed by atoms with Crippen LogP contribution in [0.2, 0.25) is 0 Å². The van der Waals surface area contributed by atoms with Crippen molar-refractivity contribution in [3.05, 3.63) is 0 Å². The van der Waals surface area contributed by atoms with Gasteiger partial charge in [0.15, 0.2) is 0 Å². The first-order valence-corrected chi connectivity index (χ1v) is 10.2. The van der Waals surface area contributed by atoms with Crippen molar-refractivity contribution in [2.24, 2.45) is 0 Å². The Kier molecular flexibility index (Phi) is 12.2. The smallest absolute Gasteiger partial charge is 0.391 e. The Labute approximate surface area is 141 Å². The summed E-state index contributed by atoms with van der Waals surface area (Å²) < 4.78 is 58.4. The van der Waals surface area contributed by atoms with Gasteiger partial charge >= 0.3 is 29.6 Å². The van der Waals surface area contributed by atoms with Crippen LogP contribution in [0, 0.1) is 0 Å². The second-order valence-electron chi connectivity index (χ2n) is 3.37. The minimum atomic E-state index is -4.24. The van der Waals surface area contributed by atoms with Gasteiger partial charge in [0.05, 0.1) is 12.2 Å². The predicted octanol–water partition coefficient (Wildman–Crippen LogP) is -4.13. The van der Waals surface area contributed by atoms with E-state index in [9.17, 15) is 16.8 Å². The molecule has 0 rings (SSSR count). The van der Waals surface area contributed by atoms with Crippen molar-refractivity contribution in [2.45, 2.75) is 12.2 Å². The second-order valence-corrected chi connectivity index (χ2v) is 8.92. The van der Waals surface area contributed by atoms with Crippen molar-refractivity contribution in [1.82, 2.24) is 0 Å². The van der Waals surface area contributed by atoms with Crippen molar-refractivity contribution in [1.29, 1.82) is 0 Å². The molecule has 2 unspecified atom stereocenters. The second kappa shape index (κ2) is 10.2. The standard InChI is InChI=1S/C6H14O8S4.Na/c7-5(3-17(9,10)11)1-15-16-2-6(8)4-18(12,13)14;/h5-8H,1-4H2,(H,9,10,11)(H,12,13,14);/q;+1. The molecule has 13 heteroatoms. The van der Waals surface area contributed by atoms with Crippen molar-refractivity contribution in [3.8, 4) is 0 Å². The van der Waals surface area contributed by atoms with E-state index < -0.39 is 43.9 Å². The fourth-order valence-corrected chi connectivity index (χ4v) is 4.60. The van der Waals surface area contributed by atoms with E-state index in [1.165, 1.54) is 0 Å². The topological polar surface area (TPSA) is 149 Å². The summed E-state index contributed by atoms with van der Waals surface area (Å²) in [4.78, 5) is 0. The molecule has 0 spiro atoms. The fraction of sp³-hybridized carbons (Fsp3) is 1.00. The van der Waals surface area contributed by atoms with Gasteiger partial charge in [-0.3, -0.25) is 9.11 Å². The van der Waals surface area contributed by atoms with Crippen LogP contribution in [-0.4, -0.2) is 71.4 Å². The number of hydrogen-bond donors (Lipinski definition) is 4. The average Bonchev–Trinajstić information content (AvgIpc) is 2.06. The van der Waals surface area contributed by atoms with Crippen molar-refractivity contribution < 1.29 is 65.7 Å². The maximum absolute atomic E-state index is 10.4. The molecule has 110 valence electrons. The molecule has 0 saturated carbocycles. The summed E-state index contributed by atoms with van der Waals surface area (Å²) in [5.74, 6) is -1.59. The van der Waals surface area contributed by atoms with E-state index in [2.05, 4.69) is 0 Å². The third-order valence-corrected chi connectivity index (χ3v) is 5.55. The Bertz CT molecular complexity index is 392. The molecule has 19 heavy (non-hydrogen) atoms. The summed E-state index contributed by atoms with van der Waals surface area (Å²) in [6.07, 6.45) is -2.51. The monoisotopic (exact) mass is 365 g/mol. The van der Waals surface area contributed by atoms with E-state index in [1.54, 1.807) is 0 Å². The molecule has 0 radical (unpaired) electrons. The molecule has 0 aromatic heterocycles. The third-order valence-electron chi connectivity index (χ3n) is 1.41. The number of hydrogen-bond acceptors (Lipinski definition) is 8. The Hall–Kier alpha value is 1.44. The Morgan fingerprint density at radius 2 is 1.05 bits per heavy atom. The zero-order valence-electron chi connectivity index (χ0n) is 10.0. The van der Waals surface area contributed by atoms with Crippen LogP contribution in [0.1, 0.15) is 0 Å². The van der Waals surface area contributed by atoms with Gasteiger partial charge in [-0.25, -0.2) is 0 Å². The van der Waals surface area contributed by atoms with Gasteiger partial charge in [0.25, 0.3) is 20.2 Å². The molecule has 0 saturated heterocycles. The van der Waals surface area contributed by atoms with Crippen LogP contribution >= 0.6 is 21.6 Å². The summed E-state index contributed by atoms with van der Waals surface area (Å²) in [7, 11) is -6.45. The predicted molar refractivity (Wildman–Crippen MR) is 69.8 cm³/mol.